The molecule has 2 nitrogen and oxygen atoms in total. The van der Waals surface area contributed by atoms with Crippen molar-refractivity contribution in [3.8, 4) is 0 Å². The molecule has 1 aliphatic rings. The van der Waals surface area contributed by atoms with Crippen molar-refractivity contribution in [3.05, 3.63) is 34.9 Å². The maximum Gasteiger partial charge on any atom is 0.111 e. The van der Waals surface area contributed by atoms with E-state index >= 15 is 0 Å². The second kappa shape index (κ2) is 8.84. The quantitative estimate of drug-likeness (QED) is 0.493. The predicted octanol–water partition coefficient (Wildman–Crippen LogP) is 5.07. The molecule has 0 unspecified atom stereocenters. The van der Waals surface area contributed by atoms with Crippen LogP contribution in [0.2, 0.25) is 0 Å². The summed E-state index contributed by atoms with van der Waals surface area (Å²) in [6, 6.07) is 7.02. The zero-order valence-electron chi connectivity index (χ0n) is 15.1. The van der Waals surface area contributed by atoms with E-state index in [1.165, 1.54) is 74.5 Å². The largest absolute Gasteiger partial charge is 0.376 e. The van der Waals surface area contributed by atoms with Gasteiger partial charge in [0.25, 0.3) is 0 Å². The Balaban J connectivity index is 1.89. The Morgan fingerprint density at radius 1 is 1.17 bits per heavy atom. The first kappa shape index (κ1) is 18.5. The van der Waals surface area contributed by atoms with Crippen LogP contribution in [0.25, 0.3) is 0 Å². The van der Waals surface area contributed by atoms with Crippen molar-refractivity contribution in [2.75, 3.05) is 0 Å². The van der Waals surface area contributed by atoms with Gasteiger partial charge in [0.2, 0.25) is 0 Å². The van der Waals surface area contributed by atoms with E-state index in [1.807, 2.05) is 0 Å². The molecule has 2 atom stereocenters. The molecule has 0 saturated heterocycles. The van der Waals surface area contributed by atoms with Gasteiger partial charge in [0.15, 0.2) is 0 Å². The second-order valence-corrected chi connectivity index (χ2v) is 7.70. The molecule has 1 aliphatic carbocycles. The van der Waals surface area contributed by atoms with E-state index in [4.69, 9.17) is 5.73 Å². The summed E-state index contributed by atoms with van der Waals surface area (Å²) >= 11 is 0. The number of hydrogen-bond donors (Lipinski definition) is 2. The Bertz CT molecular complexity index is 475. The lowest BCUT2D eigenvalue weighted by molar-refractivity contribution is 0.0482. The van der Waals surface area contributed by atoms with E-state index in [1.54, 1.807) is 6.92 Å². The van der Waals surface area contributed by atoms with Gasteiger partial charge < -0.3 is 10.8 Å². The van der Waals surface area contributed by atoms with Crippen LogP contribution in [0.15, 0.2) is 18.2 Å². The number of aryl methyl sites for hydroxylation is 2. The van der Waals surface area contributed by atoms with Crippen LogP contribution < -0.4 is 5.73 Å². The Morgan fingerprint density at radius 3 is 2.65 bits per heavy atom. The summed E-state index contributed by atoms with van der Waals surface area (Å²) in [6.07, 6.45) is 13.6. The smallest absolute Gasteiger partial charge is 0.111 e. The van der Waals surface area contributed by atoms with Gasteiger partial charge in [-0.1, -0.05) is 57.2 Å². The molecule has 0 fully saturated rings. The lowest BCUT2D eigenvalue weighted by atomic mass is 9.78. The molecule has 0 saturated carbocycles. The van der Waals surface area contributed by atoms with Crippen molar-refractivity contribution in [3.63, 3.8) is 0 Å². The van der Waals surface area contributed by atoms with Crippen molar-refractivity contribution in [2.24, 2.45) is 5.73 Å². The third kappa shape index (κ3) is 6.27. The van der Waals surface area contributed by atoms with Crippen molar-refractivity contribution < 1.29 is 5.11 Å². The van der Waals surface area contributed by atoms with Crippen molar-refractivity contribution in [2.45, 2.75) is 96.1 Å². The van der Waals surface area contributed by atoms with Gasteiger partial charge in [0.1, 0.15) is 5.72 Å². The number of nitrogens with two attached hydrogens (primary N) is 1. The molecule has 3 N–H and O–H groups in total. The number of unbranched alkanes of at least 4 members (excludes halogenated alkanes) is 5. The minimum atomic E-state index is -1.06. The Morgan fingerprint density at radius 2 is 1.91 bits per heavy atom. The minimum Gasteiger partial charge on any atom is -0.376 e. The Kier molecular flexibility index (Phi) is 7.10. The molecule has 2 heteroatoms. The van der Waals surface area contributed by atoms with Crippen molar-refractivity contribution in [1.82, 2.24) is 0 Å². The SMILES string of the molecule is CCCCCCCCc1ccc2c(c1)CCC[C@H]2C[C@@](C)(N)O. The van der Waals surface area contributed by atoms with Gasteiger partial charge in [-0.05, 0) is 68.1 Å². The normalized spacial score (nSPS) is 20.1. The lowest BCUT2D eigenvalue weighted by Crippen LogP contribution is -2.37. The highest BCUT2D eigenvalue weighted by Gasteiger charge is 2.26. The number of hydrogen-bond acceptors (Lipinski definition) is 2. The number of rotatable bonds is 9. The van der Waals surface area contributed by atoms with Crippen LogP contribution in [-0.2, 0) is 12.8 Å². The number of benzene rings is 1. The molecular formula is C21H35NO. The summed E-state index contributed by atoms with van der Waals surface area (Å²) in [4.78, 5) is 0. The van der Waals surface area contributed by atoms with Gasteiger partial charge in [-0.3, -0.25) is 0 Å². The summed E-state index contributed by atoms with van der Waals surface area (Å²) in [7, 11) is 0. The van der Waals surface area contributed by atoms with Gasteiger partial charge in [0.05, 0.1) is 0 Å². The summed E-state index contributed by atoms with van der Waals surface area (Å²) < 4.78 is 0. The zero-order chi connectivity index (χ0) is 16.7. The third-order valence-corrected chi connectivity index (χ3v) is 5.12. The van der Waals surface area contributed by atoms with Crippen LogP contribution in [0.4, 0.5) is 0 Å². The summed E-state index contributed by atoms with van der Waals surface area (Å²) in [6.45, 7) is 3.98. The fraction of sp³-hybridized carbons (Fsp3) is 0.714. The summed E-state index contributed by atoms with van der Waals surface area (Å²) in [5.74, 6) is 0.418. The average molecular weight is 318 g/mol. The van der Waals surface area contributed by atoms with E-state index in [0.717, 1.165) is 6.42 Å². The molecule has 0 amide bonds. The standard InChI is InChI=1S/C21H35NO/c1-3-4-5-6-7-8-10-17-13-14-20-18(15-17)11-9-12-19(20)16-21(2,22)23/h13-15,19,23H,3-12,16,22H2,1-2H3/t19-,21-/m0/s1. The maximum atomic E-state index is 9.93. The highest BCUT2D eigenvalue weighted by molar-refractivity contribution is 5.36. The molecule has 23 heavy (non-hydrogen) atoms. The molecule has 0 heterocycles. The Labute approximate surface area is 142 Å². The lowest BCUT2D eigenvalue weighted by Gasteiger charge is -2.30. The Hall–Kier alpha value is -0.860. The minimum absolute atomic E-state index is 0.418. The fourth-order valence-electron chi connectivity index (χ4n) is 3.94. The van der Waals surface area contributed by atoms with Gasteiger partial charge in [0, 0.05) is 0 Å². The predicted molar refractivity (Wildman–Crippen MR) is 98.6 cm³/mol. The highest BCUT2D eigenvalue weighted by atomic mass is 16.3. The van der Waals surface area contributed by atoms with Gasteiger partial charge in [-0.15, -0.1) is 0 Å². The van der Waals surface area contributed by atoms with Crippen molar-refractivity contribution >= 4 is 0 Å². The molecule has 0 spiro atoms. The molecule has 0 radical (unpaired) electrons. The first-order valence-electron chi connectivity index (χ1n) is 9.62. The molecule has 0 bridgehead atoms. The number of aliphatic hydroxyl groups is 1. The topological polar surface area (TPSA) is 46.2 Å². The third-order valence-electron chi connectivity index (χ3n) is 5.12. The molecule has 1 aromatic carbocycles. The average Bonchev–Trinajstić information content (AvgIpc) is 2.49. The van der Waals surface area contributed by atoms with E-state index < -0.39 is 5.72 Å². The highest BCUT2D eigenvalue weighted by Crippen LogP contribution is 2.36. The van der Waals surface area contributed by atoms with Crippen LogP contribution in [-0.4, -0.2) is 10.8 Å². The van der Waals surface area contributed by atoms with Gasteiger partial charge >= 0.3 is 0 Å². The monoisotopic (exact) mass is 317 g/mol. The van der Waals surface area contributed by atoms with Crippen LogP contribution in [0.5, 0.6) is 0 Å². The first-order chi connectivity index (χ1) is 11.0. The van der Waals surface area contributed by atoms with Gasteiger partial charge in [-0.2, -0.15) is 0 Å². The van der Waals surface area contributed by atoms with Crippen LogP contribution in [0.3, 0.4) is 0 Å². The van der Waals surface area contributed by atoms with Crippen molar-refractivity contribution in [1.29, 1.82) is 0 Å². The molecule has 0 aliphatic heterocycles. The first-order valence-corrected chi connectivity index (χ1v) is 9.62. The maximum absolute atomic E-state index is 9.93. The molecule has 0 aromatic heterocycles. The van der Waals surface area contributed by atoms with E-state index in [0.29, 0.717) is 12.3 Å². The molecule has 2 rings (SSSR count). The van der Waals surface area contributed by atoms with E-state index in [2.05, 4.69) is 25.1 Å². The second-order valence-electron chi connectivity index (χ2n) is 7.70. The summed E-state index contributed by atoms with van der Waals surface area (Å²) in [5.41, 5.74) is 9.17. The fourth-order valence-corrected chi connectivity index (χ4v) is 3.94. The van der Waals surface area contributed by atoms with Crippen LogP contribution in [0, 0.1) is 0 Å². The molecule has 130 valence electrons. The summed E-state index contributed by atoms with van der Waals surface area (Å²) in [5, 5.41) is 9.93. The van der Waals surface area contributed by atoms with Crippen LogP contribution in [0.1, 0.15) is 94.2 Å². The zero-order valence-corrected chi connectivity index (χ0v) is 15.1. The van der Waals surface area contributed by atoms with Crippen LogP contribution >= 0.6 is 0 Å². The molecule has 1 aromatic rings. The number of fused-ring (bicyclic) bond motifs is 1. The van der Waals surface area contributed by atoms with Gasteiger partial charge in [-0.25, -0.2) is 0 Å². The molecular weight excluding hydrogens is 282 g/mol. The van der Waals surface area contributed by atoms with E-state index in [9.17, 15) is 5.11 Å². The van der Waals surface area contributed by atoms with E-state index in [-0.39, 0.29) is 0 Å².